The van der Waals surface area contributed by atoms with Crippen molar-refractivity contribution in [3.63, 3.8) is 0 Å². The van der Waals surface area contributed by atoms with Gasteiger partial charge in [0.15, 0.2) is 0 Å². The van der Waals surface area contributed by atoms with Crippen molar-refractivity contribution in [2.75, 3.05) is 18.9 Å². The number of anilines is 1. The van der Waals surface area contributed by atoms with Crippen molar-refractivity contribution in [1.29, 1.82) is 0 Å². The third kappa shape index (κ3) is 2.14. The van der Waals surface area contributed by atoms with Crippen molar-refractivity contribution in [3.8, 4) is 0 Å². The van der Waals surface area contributed by atoms with Crippen LogP contribution in [-0.4, -0.2) is 39.1 Å². The van der Waals surface area contributed by atoms with Gasteiger partial charge < -0.3 is 10.6 Å². The molecule has 2 aromatic heterocycles. The maximum absolute atomic E-state index is 11.2. The van der Waals surface area contributed by atoms with E-state index < -0.39 is 0 Å². The number of nitrogens with zero attached hydrogens (tertiary/aromatic N) is 4. The van der Waals surface area contributed by atoms with Crippen molar-refractivity contribution in [1.82, 2.24) is 24.9 Å². The molecule has 2 aromatic rings. The van der Waals surface area contributed by atoms with Crippen LogP contribution in [0.3, 0.4) is 0 Å². The number of hydrogen-bond donors (Lipinski definition) is 2. The predicted molar refractivity (Wildman–Crippen MR) is 63.1 cm³/mol. The molecule has 0 saturated carbocycles. The second-order valence-corrected chi connectivity index (χ2v) is 3.73. The fourth-order valence-corrected chi connectivity index (χ4v) is 1.52. The summed E-state index contributed by atoms with van der Waals surface area (Å²) in [6, 6.07) is 0. The average Bonchev–Trinajstić information content (AvgIpc) is 2.76. The maximum Gasteiger partial charge on any atom is 0.255 e. The molecule has 8 heteroatoms. The summed E-state index contributed by atoms with van der Waals surface area (Å²) in [5, 5.41) is 9.83. The van der Waals surface area contributed by atoms with Crippen LogP contribution < -0.4 is 10.6 Å². The minimum atomic E-state index is -0.134. The van der Waals surface area contributed by atoms with Crippen LogP contribution >= 0.6 is 11.6 Å². The van der Waals surface area contributed by atoms with E-state index in [1.807, 2.05) is 0 Å². The van der Waals surface area contributed by atoms with Crippen molar-refractivity contribution < 1.29 is 4.79 Å². The highest BCUT2D eigenvalue weighted by molar-refractivity contribution is 6.30. The minimum Gasteiger partial charge on any atom is -0.361 e. The van der Waals surface area contributed by atoms with Crippen molar-refractivity contribution >= 4 is 29.1 Å². The van der Waals surface area contributed by atoms with E-state index in [4.69, 9.17) is 11.6 Å². The number of rotatable bonds is 3. The van der Waals surface area contributed by atoms with Crippen LogP contribution in [0.4, 0.5) is 5.82 Å². The first-order chi connectivity index (χ1) is 8.13. The zero-order chi connectivity index (χ0) is 12.4. The molecular formula is C9H11ClN6O. The number of amides is 1. The largest absolute Gasteiger partial charge is 0.361 e. The topological polar surface area (TPSA) is 84.2 Å². The Kier molecular flexibility index (Phi) is 3.10. The molecule has 17 heavy (non-hydrogen) atoms. The van der Waals surface area contributed by atoms with Gasteiger partial charge in [-0.15, -0.1) is 0 Å². The highest BCUT2D eigenvalue weighted by atomic mass is 35.5. The Morgan fingerprint density at radius 2 is 2.35 bits per heavy atom. The molecule has 0 saturated heterocycles. The monoisotopic (exact) mass is 254 g/mol. The highest BCUT2D eigenvalue weighted by Gasteiger charge is 2.12. The van der Waals surface area contributed by atoms with Gasteiger partial charge in [0.25, 0.3) is 5.78 Å². The van der Waals surface area contributed by atoms with Gasteiger partial charge in [-0.3, -0.25) is 4.79 Å². The molecule has 0 radical (unpaired) electrons. The average molecular weight is 255 g/mol. The molecule has 7 nitrogen and oxygen atoms in total. The lowest BCUT2D eigenvalue weighted by Gasteiger charge is -2.10. The summed E-state index contributed by atoms with van der Waals surface area (Å²) >= 11 is 5.97. The van der Waals surface area contributed by atoms with E-state index >= 15 is 0 Å². The maximum atomic E-state index is 11.2. The Bertz CT molecular complexity index is 566. The summed E-state index contributed by atoms with van der Waals surface area (Å²) in [7, 11) is 1.57. The molecule has 0 aliphatic carbocycles. The molecule has 0 spiro atoms. The van der Waals surface area contributed by atoms with Gasteiger partial charge in [-0.1, -0.05) is 11.6 Å². The van der Waals surface area contributed by atoms with E-state index in [0.29, 0.717) is 22.3 Å². The fourth-order valence-electron chi connectivity index (χ4n) is 1.36. The number of likely N-dealkylation sites (N-methyl/N-ethyl adjacent to an activating group) is 1. The summed E-state index contributed by atoms with van der Waals surface area (Å²) in [6.45, 7) is 1.93. The Hall–Kier alpha value is -1.89. The van der Waals surface area contributed by atoms with Crippen LogP contribution in [0.25, 0.3) is 5.78 Å². The molecule has 0 aromatic carbocycles. The number of aromatic nitrogens is 4. The number of fused-ring (bicyclic) bond motifs is 1. The van der Waals surface area contributed by atoms with Crippen molar-refractivity contribution in [3.05, 3.63) is 17.0 Å². The normalized spacial score (nSPS) is 10.5. The first-order valence-electron chi connectivity index (χ1n) is 4.93. The molecule has 90 valence electrons. The van der Waals surface area contributed by atoms with E-state index in [1.165, 1.54) is 10.8 Å². The molecule has 2 rings (SSSR count). The summed E-state index contributed by atoms with van der Waals surface area (Å²) in [4.78, 5) is 19.2. The molecule has 0 aliphatic rings. The van der Waals surface area contributed by atoms with Gasteiger partial charge in [-0.2, -0.15) is 19.6 Å². The van der Waals surface area contributed by atoms with Gasteiger partial charge in [0, 0.05) is 12.6 Å². The van der Waals surface area contributed by atoms with E-state index in [9.17, 15) is 4.79 Å². The molecule has 0 unspecified atom stereocenters. The number of carbonyl (C=O) groups excluding carboxylic acids is 1. The van der Waals surface area contributed by atoms with Crippen LogP contribution in [-0.2, 0) is 4.79 Å². The van der Waals surface area contributed by atoms with Crippen LogP contribution in [0.5, 0.6) is 0 Å². The Labute approximate surface area is 102 Å². The van der Waals surface area contributed by atoms with Crippen LogP contribution in [0.1, 0.15) is 5.56 Å². The summed E-state index contributed by atoms with van der Waals surface area (Å²) in [6.07, 6.45) is 1.38. The Balaban J connectivity index is 2.40. The lowest BCUT2D eigenvalue weighted by Crippen LogP contribution is -2.27. The van der Waals surface area contributed by atoms with Crippen molar-refractivity contribution in [2.24, 2.45) is 0 Å². The smallest absolute Gasteiger partial charge is 0.255 e. The number of halogens is 1. The lowest BCUT2D eigenvalue weighted by atomic mass is 10.3. The van der Waals surface area contributed by atoms with Gasteiger partial charge in [-0.05, 0) is 6.92 Å². The van der Waals surface area contributed by atoms with Gasteiger partial charge in [0.2, 0.25) is 5.91 Å². The third-order valence-electron chi connectivity index (χ3n) is 2.30. The molecule has 0 bridgehead atoms. The van der Waals surface area contributed by atoms with Crippen LogP contribution in [0.2, 0.25) is 5.15 Å². The summed E-state index contributed by atoms with van der Waals surface area (Å²) in [5.74, 6) is 0.867. The molecule has 2 N–H and O–H groups in total. The second-order valence-electron chi connectivity index (χ2n) is 3.37. The van der Waals surface area contributed by atoms with E-state index in [2.05, 4.69) is 25.7 Å². The third-order valence-corrected chi connectivity index (χ3v) is 2.67. The zero-order valence-electron chi connectivity index (χ0n) is 9.36. The van der Waals surface area contributed by atoms with Crippen molar-refractivity contribution in [2.45, 2.75) is 6.92 Å². The highest BCUT2D eigenvalue weighted by Crippen LogP contribution is 2.21. The Morgan fingerprint density at radius 1 is 1.59 bits per heavy atom. The number of hydrogen-bond acceptors (Lipinski definition) is 5. The molecule has 1 amide bonds. The van der Waals surface area contributed by atoms with Gasteiger partial charge in [-0.25, -0.2) is 0 Å². The summed E-state index contributed by atoms with van der Waals surface area (Å²) in [5.41, 5.74) is 0.716. The quantitative estimate of drug-likeness (QED) is 0.767. The minimum absolute atomic E-state index is 0.132. The molecule has 0 fully saturated rings. The Morgan fingerprint density at radius 3 is 3.06 bits per heavy atom. The van der Waals surface area contributed by atoms with E-state index in [1.54, 1.807) is 14.0 Å². The summed E-state index contributed by atoms with van der Waals surface area (Å²) < 4.78 is 1.50. The first-order valence-corrected chi connectivity index (χ1v) is 5.31. The second kappa shape index (κ2) is 4.54. The van der Waals surface area contributed by atoms with Gasteiger partial charge in [0.1, 0.15) is 17.3 Å². The molecule has 2 heterocycles. The number of carbonyl (C=O) groups is 1. The fraction of sp³-hybridized carbons (Fsp3) is 0.333. The molecule has 0 atom stereocenters. The SMILES string of the molecule is CNC(=O)CNc1c(C)c(Cl)nc2ncnn12. The predicted octanol–water partition coefficient (Wildman–Crippen LogP) is 0.244. The lowest BCUT2D eigenvalue weighted by molar-refractivity contribution is -0.118. The van der Waals surface area contributed by atoms with Crippen LogP contribution in [0, 0.1) is 6.92 Å². The number of nitrogens with one attached hydrogen (secondary N) is 2. The van der Waals surface area contributed by atoms with Gasteiger partial charge in [0.05, 0.1) is 6.54 Å². The zero-order valence-corrected chi connectivity index (χ0v) is 10.1. The van der Waals surface area contributed by atoms with Gasteiger partial charge >= 0.3 is 0 Å². The molecular weight excluding hydrogens is 244 g/mol. The standard InChI is InChI=1S/C9H11ClN6O/c1-5-7(10)15-9-13-4-14-16(9)8(5)12-3-6(17)11-2/h4,12H,3H2,1-2H3,(H,11,17). The first kappa shape index (κ1) is 11.6. The van der Waals surface area contributed by atoms with Crippen LogP contribution in [0.15, 0.2) is 6.33 Å². The molecule has 0 aliphatic heterocycles. The van der Waals surface area contributed by atoms with E-state index in [-0.39, 0.29) is 12.5 Å². The van der Waals surface area contributed by atoms with E-state index in [0.717, 1.165) is 0 Å².